The summed E-state index contributed by atoms with van der Waals surface area (Å²) in [5.41, 5.74) is 1.44. The van der Waals surface area contributed by atoms with Crippen molar-refractivity contribution >= 4 is 21.4 Å². The molecule has 0 aliphatic carbocycles. The molecule has 4 nitrogen and oxygen atoms in total. The van der Waals surface area contributed by atoms with Gasteiger partial charge >= 0.3 is 0 Å². The minimum Gasteiger partial charge on any atom is -0.293 e. The van der Waals surface area contributed by atoms with Crippen LogP contribution in [0.15, 0.2) is 11.4 Å². The molecule has 0 amide bonds. The van der Waals surface area contributed by atoms with Gasteiger partial charge in [-0.1, -0.05) is 6.92 Å². The smallest absolute Gasteiger partial charge is 0.214 e. The normalized spacial score (nSPS) is 22.2. The van der Waals surface area contributed by atoms with Gasteiger partial charge in [0.05, 0.1) is 5.75 Å². The molecule has 0 spiro atoms. The van der Waals surface area contributed by atoms with Gasteiger partial charge in [-0.15, -0.1) is 11.3 Å². The summed E-state index contributed by atoms with van der Waals surface area (Å²) in [6.45, 7) is 5.34. The summed E-state index contributed by atoms with van der Waals surface area (Å²) in [4.78, 5) is 3.94. The molecule has 0 atom stereocenters. The molecule has 0 radical (unpaired) electrons. The molecule has 1 aromatic rings. The third kappa shape index (κ3) is 2.59. The molecular weight excluding hydrogens is 280 g/mol. The maximum atomic E-state index is 11.9. The molecule has 0 aromatic carbocycles. The molecule has 0 unspecified atom stereocenters. The average molecular weight is 300 g/mol. The highest BCUT2D eigenvalue weighted by molar-refractivity contribution is 7.89. The molecule has 2 aliphatic rings. The topological polar surface area (TPSA) is 40.6 Å². The highest BCUT2D eigenvalue weighted by Gasteiger charge is 2.39. The molecule has 19 heavy (non-hydrogen) atoms. The van der Waals surface area contributed by atoms with Crippen molar-refractivity contribution in [2.24, 2.45) is 0 Å². The van der Waals surface area contributed by atoms with Crippen LogP contribution >= 0.6 is 11.3 Å². The molecule has 0 saturated carbocycles. The van der Waals surface area contributed by atoms with Gasteiger partial charge in [-0.2, -0.15) is 4.31 Å². The van der Waals surface area contributed by atoms with Crippen LogP contribution in [0.25, 0.3) is 0 Å². The Balaban J connectivity index is 1.58. The zero-order chi connectivity index (χ0) is 13.5. The largest absolute Gasteiger partial charge is 0.293 e. The zero-order valence-electron chi connectivity index (χ0n) is 11.2. The van der Waals surface area contributed by atoms with E-state index in [1.54, 1.807) is 4.31 Å². The van der Waals surface area contributed by atoms with E-state index >= 15 is 0 Å². The van der Waals surface area contributed by atoms with Crippen LogP contribution in [0.5, 0.6) is 0 Å². The Morgan fingerprint density at radius 3 is 2.95 bits per heavy atom. The summed E-state index contributed by atoms with van der Waals surface area (Å²) in [5.74, 6) is 0.286. The molecule has 1 fully saturated rings. The van der Waals surface area contributed by atoms with Gasteiger partial charge in [0.25, 0.3) is 0 Å². The molecule has 6 heteroatoms. The molecule has 3 rings (SSSR count). The van der Waals surface area contributed by atoms with E-state index in [1.165, 1.54) is 10.4 Å². The molecule has 2 aliphatic heterocycles. The van der Waals surface area contributed by atoms with Gasteiger partial charge in [-0.3, -0.25) is 4.90 Å². The van der Waals surface area contributed by atoms with E-state index in [-0.39, 0.29) is 5.75 Å². The van der Waals surface area contributed by atoms with Crippen LogP contribution in [-0.2, 0) is 23.0 Å². The van der Waals surface area contributed by atoms with Crippen LogP contribution in [-0.4, -0.2) is 49.1 Å². The molecule has 3 heterocycles. The second-order valence-electron chi connectivity index (χ2n) is 5.38. The second kappa shape index (κ2) is 5.16. The summed E-state index contributed by atoms with van der Waals surface area (Å²) in [7, 11) is -2.99. The van der Waals surface area contributed by atoms with Crippen LogP contribution in [0.4, 0.5) is 0 Å². The van der Waals surface area contributed by atoms with Crippen LogP contribution in [0.3, 0.4) is 0 Å². The summed E-state index contributed by atoms with van der Waals surface area (Å²) in [5, 5.41) is 2.16. The predicted octanol–water partition coefficient (Wildman–Crippen LogP) is 1.53. The number of rotatable bonds is 4. The maximum absolute atomic E-state index is 11.9. The number of hydrogen-bond donors (Lipinski definition) is 0. The summed E-state index contributed by atoms with van der Waals surface area (Å²) in [6, 6.07) is 2.62. The number of thiophene rings is 1. The highest BCUT2D eigenvalue weighted by Crippen LogP contribution is 2.28. The van der Waals surface area contributed by atoms with Crippen molar-refractivity contribution in [1.29, 1.82) is 0 Å². The number of hydrogen-bond acceptors (Lipinski definition) is 4. The number of fused-ring (bicyclic) bond motifs is 1. The van der Waals surface area contributed by atoms with Crippen molar-refractivity contribution < 1.29 is 8.42 Å². The third-order valence-electron chi connectivity index (χ3n) is 4.04. The zero-order valence-corrected chi connectivity index (χ0v) is 12.8. The Morgan fingerprint density at radius 2 is 2.21 bits per heavy atom. The molecule has 0 N–H and O–H groups in total. The SMILES string of the molecule is CCCS(=O)(=O)N1CC(N2CCc3sccc3C2)C1. The maximum Gasteiger partial charge on any atom is 0.214 e. The number of sulfonamides is 1. The van der Waals surface area contributed by atoms with Gasteiger partial charge in [-0.25, -0.2) is 8.42 Å². The number of nitrogens with zero attached hydrogens (tertiary/aromatic N) is 2. The Hall–Kier alpha value is -0.430. The summed E-state index contributed by atoms with van der Waals surface area (Å²) >= 11 is 1.84. The standard InChI is InChI=1S/C13H20N2O2S2/c1-2-7-19(16,17)15-9-12(10-15)14-5-3-13-11(8-14)4-6-18-13/h4,6,12H,2-3,5,7-10H2,1H3. The van der Waals surface area contributed by atoms with Crippen molar-refractivity contribution in [2.75, 3.05) is 25.4 Å². The first-order valence-corrected chi connectivity index (χ1v) is 9.36. The van der Waals surface area contributed by atoms with Crippen molar-refractivity contribution in [2.45, 2.75) is 32.4 Å². The first kappa shape index (κ1) is 13.5. The summed E-state index contributed by atoms with van der Waals surface area (Å²) in [6.07, 6.45) is 1.82. The summed E-state index contributed by atoms with van der Waals surface area (Å²) < 4.78 is 25.5. The molecule has 1 saturated heterocycles. The lowest BCUT2D eigenvalue weighted by Gasteiger charge is -2.45. The second-order valence-corrected chi connectivity index (χ2v) is 8.47. The quantitative estimate of drug-likeness (QED) is 0.847. The highest BCUT2D eigenvalue weighted by atomic mass is 32.2. The molecule has 106 valence electrons. The fourth-order valence-electron chi connectivity index (χ4n) is 2.84. The van der Waals surface area contributed by atoms with Crippen molar-refractivity contribution in [1.82, 2.24) is 9.21 Å². The minimum atomic E-state index is -2.99. The van der Waals surface area contributed by atoms with Crippen LogP contribution < -0.4 is 0 Å². The third-order valence-corrected chi connectivity index (χ3v) is 7.07. The lowest BCUT2D eigenvalue weighted by molar-refractivity contribution is 0.0775. The van der Waals surface area contributed by atoms with Crippen LogP contribution in [0, 0.1) is 0 Å². The van der Waals surface area contributed by atoms with E-state index in [2.05, 4.69) is 16.3 Å². The fraction of sp³-hybridized carbons (Fsp3) is 0.692. The van der Waals surface area contributed by atoms with Crippen molar-refractivity contribution in [3.8, 4) is 0 Å². The van der Waals surface area contributed by atoms with Crippen LogP contribution in [0.1, 0.15) is 23.8 Å². The van der Waals surface area contributed by atoms with Gasteiger partial charge in [-0.05, 0) is 29.9 Å². The molecule has 0 bridgehead atoms. The Bertz CT molecular complexity index is 547. The van der Waals surface area contributed by atoms with Gasteiger partial charge in [0, 0.05) is 37.1 Å². The first-order chi connectivity index (χ1) is 9.10. The van der Waals surface area contributed by atoms with E-state index in [1.807, 2.05) is 18.3 Å². The van der Waals surface area contributed by atoms with Gasteiger partial charge in [0.15, 0.2) is 0 Å². The van der Waals surface area contributed by atoms with Crippen molar-refractivity contribution in [3.05, 3.63) is 21.9 Å². The lowest BCUT2D eigenvalue weighted by atomic mass is 10.0. The fourth-order valence-corrected chi connectivity index (χ4v) is 5.31. The monoisotopic (exact) mass is 300 g/mol. The first-order valence-electron chi connectivity index (χ1n) is 6.87. The predicted molar refractivity (Wildman–Crippen MR) is 77.9 cm³/mol. The average Bonchev–Trinajstić information content (AvgIpc) is 2.73. The van der Waals surface area contributed by atoms with Crippen molar-refractivity contribution in [3.63, 3.8) is 0 Å². The van der Waals surface area contributed by atoms with E-state index in [4.69, 9.17) is 0 Å². The Labute approximate surface area is 119 Å². The Kier molecular flexibility index (Phi) is 3.68. The van der Waals surface area contributed by atoms with Crippen LogP contribution in [0.2, 0.25) is 0 Å². The van der Waals surface area contributed by atoms with E-state index in [0.29, 0.717) is 25.6 Å². The van der Waals surface area contributed by atoms with Gasteiger partial charge in [0.1, 0.15) is 0 Å². The minimum absolute atomic E-state index is 0.286. The van der Waals surface area contributed by atoms with E-state index < -0.39 is 10.0 Å². The lowest BCUT2D eigenvalue weighted by Crippen LogP contribution is -2.61. The van der Waals surface area contributed by atoms with E-state index in [0.717, 1.165) is 19.5 Å². The Morgan fingerprint density at radius 1 is 1.42 bits per heavy atom. The molecular formula is C13H20N2O2S2. The van der Waals surface area contributed by atoms with Gasteiger partial charge < -0.3 is 0 Å². The van der Waals surface area contributed by atoms with E-state index in [9.17, 15) is 8.42 Å². The molecule has 1 aromatic heterocycles. The van der Waals surface area contributed by atoms with Gasteiger partial charge in [0.2, 0.25) is 10.0 Å².